The number of amides is 1. The fourth-order valence-electron chi connectivity index (χ4n) is 0.0636. The molecule has 0 aliphatic rings. The standard InChI is InChI=1S/C3H2N2O/c4-2-1-3(5)6/h1H,(H-,5,6)/p+1. The van der Waals surface area contributed by atoms with Crippen molar-refractivity contribution in [2.24, 2.45) is 5.73 Å². The van der Waals surface area contributed by atoms with Crippen LogP contribution in [0.3, 0.4) is 0 Å². The van der Waals surface area contributed by atoms with Gasteiger partial charge in [0, 0.05) is 0 Å². The summed E-state index contributed by atoms with van der Waals surface area (Å²) in [4.78, 5) is 9.54. The molecular weight excluding hydrogens is 80.0 g/mol. The van der Waals surface area contributed by atoms with E-state index < -0.39 is 5.91 Å². The summed E-state index contributed by atoms with van der Waals surface area (Å²) in [6.45, 7) is 0. The van der Waals surface area contributed by atoms with Gasteiger partial charge in [0.1, 0.15) is 0 Å². The maximum absolute atomic E-state index is 9.54. The van der Waals surface area contributed by atoms with E-state index in [0.717, 1.165) is 6.42 Å². The number of nitriles is 1. The molecule has 0 spiro atoms. The van der Waals surface area contributed by atoms with Crippen LogP contribution < -0.4 is 5.73 Å². The fraction of sp³-hybridized carbons (Fsp3) is 0. The Morgan fingerprint density at radius 3 is 2.50 bits per heavy atom. The smallest absolute Gasteiger partial charge is 0.328 e. The maximum atomic E-state index is 9.54. The Morgan fingerprint density at radius 2 is 2.50 bits per heavy atom. The first-order valence-electron chi connectivity index (χ1n) is 1.29. The number of nitrogens with zero attached hydrogens (tertiary/aromatic N) is 1. The van der Waals surface area contributed by atoms with E-state index in [4.69, 9.17) is 5.26 Å². The molecule has 0 rings (SSSR count). The summed E-state index contributed by atoms with van der Waals surface area (Å²) in [7, 11) is 0. The van der Waals surface area contributed by atoms with E-state index in [-0.39, 0.29) is 0 Å². The van der Waals surface area contributed by atoms with Crippen molar-refractivity contribution in [3.63, 3.8) is 0 Å². The molecule has 0 fully saturated rings. The van der Waals surface area contributed by atoms with Crippen LogP contribution in [0.1, 0.15) is 0 Å². The zero-order valence-corrected chi connectivity index (χ0v) is 3.01. The van der Waals surface area contributed by atoms with Crippen LogP contribution in [0.2, 0.25) is 0 Å². The second-order valence-corrected chi connectivity index (χ2v) is 0.676. The first-order valence-corrected chi connectivity index (χ1v) is 1.29. The van der Waals surface area contributed by atoms with Crippen molar-refractivity contribution in [1.29, 1.82) is 5.26 Å². The topological polar surface area (TPSA) is 66.9 Å². The van der Waals surface area contributed by atoms with E-state index in [0.29, 0.717) is 0 Å². The SMILES string of the molecule is N#C[CH+]C(N)=O. The molecule has 0 atom stereocenters. The molecule has 0 aliphatic carbocycles. The fourth-order valence-corrected chi connectivity index (χ4v) is 0.0636. The molecule has 3 nitrogen and oxygen atoms in total. The highest BCUT2D eigenvalue weighted by Crippen LogP contribution is 1.61. The summed E-state index contributed by atoms with van der Waals surface area (Å²) in [5.74, 6) is -0.697. The number of carbonyl (C=O) groups is 1. The van der Waals surface area contributed by atoms with Crippen LogP contribution in [0.5, 0.6) is 0 Å². The highest BCUT2D eigenvalue weighted by Gasteiger charge is 2.01. The molecule has 0 saturated heterocycles. The Balaban J connectivity index is 3.13. The average Bonchev–Trinajstić information content (AvgIpc) is 1.35. The van der Waals surface area contributed by atoms with Crippen molar-refractivity contribution < 1.29 is 4.79 Å². The van der Waals surface area contributed by atoms with E-state index in [1.54, 1.807) is 0 Å². The van der Waals surface area contributed by atoms with Crippen molar-refractivity contribution in [3.05, 3.63) is 6.42 Å². The summed E-state index contributed by atoms with van der Waals surface area (Å²) in [5.41, 5.74) is 4.49. The lowest BCUT2D eigenvalue weighted by molar-refractivity contribution is -0.114. The van der Waals surface area contributed by atoms with Crippen molar-refractivity contribution in [3.8, 4) is 6.07 Å². The Hall–Kier alpha value is -1.17. The number of hydrogen-bond donors (Lipinski definition) is 1. The zero-order chi connectivity index (χ0) is 4.99. The molecule has 30 valence electrons. The van der Waals surface area contributed by atoms with Gasteiger partial charge in [-0.2, -0.15) is 0 Å². The molecule has 0 bridgehead atoms. The first-order chi connectivity index (χ1) is 2.77. The summed E-state index contributed by atoms with van der Waals surface area (Å²) in [6, 6.07) is 1.47. The lowest BCUT2D eigenvalue weighted by atomic mass is 10.5. The minimum Gasteiger partial charge on any atom is -0.328 e. The highest BCUT2D eigenvalue weighted by molar-refractivity contribution is 5.85. The van der Waals surface area contributed by atoms with Gasteiger partial charge < -0.3 is 5.73 Å². The number of rotatable bonds is 1. The quantitative estimate of drug-likeness (QED) is 0.422. The third-order valence-electron chi connectivity index (χ3n) is 0.207. The monoisotopic (exact) mass is 83.0 g/mol. The van der Waals surface area contributed by atoms with Gasteiger partial charge in [-0.05, 0) is 0 Å². The number of nitrogens with two attached hydrogens (primary N) is 1. The van der Waals surface area contributed by atoms with Gasteiger partial charge in [0.05, 0.1) is 0 Å². The second-order valence-electron chi connectivity index (χ2n) is 0.676. The first kappa shape index (κ1) is 4.83. The van der Waals surface area contributed by atoms with Gasteiger partial charge in [0.25, 0.3) is 12.5 Å². The molecule has 0 aliphatic heterocycles. The third-order valence-corrected chi connectivity index (χ3v) is 0.207. The molecular formula is C3H3N2O+. The average molecular weight is 83.1 g/mol. The van der Waals surface area contributed by atoms with Gasteiger partial charge in [0.15, 0.2) is 0 Å². The van der Waals surface area contributed by atoms with E-state index in [2.05, 4.69) is 5.73 Å². The summed E-state index contributed by atoms with van der Waals surface area (Å²) in [6.07, 6.45) is 0.736. The van der Waals surface area contributed by atoms with E-state index in [1.165, 1.54) is 6.07 Å². The van der Waals surface area contributed by atoms with Crippen molar-refractivity contribution in [2.45, 2.75) is 0 Å². The second kappa shape index (κ2) is 2.09. The van der Waals surface area contributed by atoms with Crippen LogP contribution in [-0.4, -0.2) is 5.91 Å². The Labute approximate surface area is 35.4 Å². The Morgan fingerprint density at radius 1 is 2.00 bits per heavy atom. The molecule has 2 N–H and O–H groups in total. The highest BCUT2D eigenvalue weighted by atomic mass is 16.1. The third kappa shape index (κ3) is 2.83. The summed E-state index contributed by atoms with van der Waals surface area (Å²) >= 11 is 0. The van der Waals surface area contributed by atoms with E-state index in [1.807, 2.05) is 0 Å². The van der Waals surface area contributed by atoms with Crippen LogP contribution in [0.4, 0.5) is 0 Å². The number of primary amides is 1. The van der Waals surface area contributed by atoms with Crippen molar-refractivity contribution >= 4 is 5.91 Å². The Kier molecular flexibility index (Phi) is 1.68. The minimum absolute atomic E-state index is 0.697. The van der Waals surface area contributed by atoms with E-state index in [9.17, 15) is 4.79 Å². The largest absolute Gasteiger partial charge is 0.417 e. The van der Waals surface area contributed by atoms with Crippen LogP contribution in [0.15, 0.2) is 0 Å². The van der Waals surface area contributed by atoms with Gasteiger partial charge in [-0.3, -0.25) is 0 Å². The summed E-state index contributed by atoms with van der Waals surface area (Å²) < 4.78 is 0. The number of carbonyl (C=O) groups excluding carboxylic acids is 1. The molecule has 0 aromatic rings. The molecule has 0 aromatic heterocycles. The van der Waals surface area contributed by atoms with Crippen LogP contribution in [-0.2, 0) is 4.79 Å². The van der Waals surface area contributed by atoms with Crippen LogP contribution in [0, 0.1) is 17.8 Å². The van der Waals surface area contributed by atoms with Gasteiger partial charge in [-0.15, -0.1) is 5.26 Å². The Bertz CT molecular complexity index is 91.5. The molecule has 1 amide bonds. The van der Waals surface area contributed by atoms with Gasteiger partial charge in [0.2, 0.25) is 0 Å². The molecule has 3 heteroatoms. The van der Waals surface area contributed by atoms with Gasteiger partial charge in [-0.1, -0.05) is 0 Å². The number of hydrogen-bond acceptors (Lipinski definition) is 2. The predicted molar refractivity (Wildman–Crippen MR) is 19.1 cm³/mol. The van der Waals surface area contributed by atoms with Crippen molar-refractivity contribution in [2.75, 3.05) is 0 Å². The molecule has 6 heavy (non-hydrogen) atoms. The lowest BCUT2D eigenvalue weighted by Gasteiger charge is -1.57. The van der Waals surface area contributed by atoms with Crippen LogP contribution >= 0.6 is 0 Å². The van der Waals surface area contributed by atoms with Crippen LogP contribution in [0.25, 0.3) is 0 Å². The van der Waals surface area contributed by atoms with Gasteiger partial charge >= 0.3 is 5.91 Å². The van der Waals surface area contributed by atoms with Gasteiger partial charge in [-0.25, -0.2) is 4.79 Å². The maximum Gasteiger partial charge on any atom is 0.417 e. The normalized spacial score (nSPS) is 5.83. The molecule has 0 radical (unpaired) electrons. The molecule has 0 heterocycles. The molecule has 0 unspecified atom stereocenters. The summed E-state index contributed by atoms with van der Waals surface area (Å²) in [5, 5.41) is 7.63. The predicted octanol–water partition coefficient (Wildman–Crippen LogP) is -0.800. The minimum atomic E-state index is -0.697. The van der Waals surface area contributed by atoms with E-state index >= 15 is 0 Å². The van der Waals surface area contributed by atoms with Crippen molar-refractivity contribution in [1.82, 2.24) is 0 Å². The lowest BCUT2D eigenvalue weighted by Crippen LogP contribution is -2.08. The zero-order valence-electron chi connectivity index (χ0n) is 3.01. The molecule has 0 saturated carbocycles. The molecule has 0 aromatic carbocycles.